The number of esters is 1. The molecule has 7 heteroatoms. The van der Waals surface area contributed by atoms with Gasteiger partial charge in [0.05, 0.1) is 18.2 Å². The molecule has 0 unspecified atom stereocenters. The molecule has 2 saturated carbocycles. The summed E-state index contributed by atoms with van der Waals surface area (Å²) in [6.07, 6.45) is 9.50. The summed E-state index contributed by atoms with van der Waals surface area (Å²) in [5.41, 5.74) is 2.46. The van der Waals surface area contributed by atoms with Gasteiger partial charge < -0.3 is 15.2 Å². The molecule has 2 aromatic rings. The second-order valence-electron chi connectivity index (χ2n) is 10.2. The number of halogens is 1. The van der Waals surface area contributed by atoms with Gasteiger partial charge in [-0.2, -0.15) is 0 Å². The number of carboxylic acids is 1. The summed E-state index contributed by atoms with van der Waals surface area (Å²) in [6.45, 7) is 1.96. The maximum absolute atomic E-state index is 13.6. The van der Waals surface area contributed by atoms with Crippen molar-refractivity contribution in [1.82, 2.24) is 10.3 Å². The van der Waals surface area contributed by atoms with Crippen molar-refractivity contribution >= 4 is 18.0 Å². The summed E-state index contributed by atoms with van der Waals surface area (Å²) in [7, 11) is 0. The Labute approximate surface area is 204 Å². The molecule has 1 saturated heterocycles. The van der Waals surface area contributed by atoms with E-state index < -0.39 is 5.97 Å². The Balaban J connectivity index is 1.35. The van der Waals surface area contributed by atoms with Crippen molar-refractivity contribution in [3.8, 4) is 11.1 Å². The van der Waals surface area contributed by atoms with Crippen LogP contribution in [0.4, 0.5) is 4.39 Å². The Kier molecular flexibility index (Phi) is 6.69. The van der Waals surface area contributed by atoms with Gasteiger partial charge >= 0.3 is 11.9 Å². The van der Waals surface area contributed by atoms with E-state index in [0.717, 1.165) is 42.5 Å². The minimum Gasteiger partial charge on any atom is -0.480 e. The first-order valence-electron chi connectivity index (χ1n) is 12.4. The fourth-order valence-corrected chi connectivity index (χ4v) is 6.59. The van der Waals surface area contributed by atoms with Crippen molar-refractivity contribution in [3.63, 3.8) is 0 Å². The number of ether oxygens (including phenoxy) is 1. The number of fused-ring (bicyclic) bond motifs is 2. The fraction of sp³-hybridized carbons (Fsp3) is 0.464. The summed E-state index contributed by atoms with van der Waals surface area (Å²) >= 11 is 0. The number of aromatic nitrogens is 1. The van der Waals surface area contributed by atoms with Crippen molar-refractivity contribution in [2.75, 3.05) is 6.54 Å². The molecule has 184 valence electrons. The van der Waals surface area contributed by atoms with Crippen LogP contribution in [0.5, 0.6) is 0 Å². The average Bonchev–Trinajstić information content (AvgIpc) is 3.13. The molecule has 1 aromatic heterocycles. The van der Waals surface area contributed by atoms with Crippen LogP contribution in [0.2, 0.25) is 0 Å². The number of carbonyl (C=O) groups excluding carboxylic acids is 1. The number of carboxylic acid groups (broad SMARTS) is 1. The first-order chi connectivity index (χ1) is 16.9. The van der Waals surface area contributed by atoms with Gasteiger partial charge in [0.15, 0.2) is 0 Å². The Morgan fingerprint density at radius 3 is 2.83 bits per heavy atom. The third kappa shape index (κ3) is 5.01. The fourth-order valence-electron chi connectivity index (χ4n) is 6.59. The van der Waals surface area contributed by atoms with E-state index in [4.69, 9.17) is 9.84 Å². The normalized spacial score (nSPS) is 32.2. The van der Waals surface area contributed by atoms with Crippen LogP contribution >= 0.6 is 0 Å². The summed E-state index contributed by atoms with van der Waals surface area (Å²) in [4.78, 5) is 28.2. The molecule has 2 N–H and O–H groups in total. The molecule has 3 fully saturated rings. The Morgan fingerprint density at radius 1 is 1.23 bits per heavy atom. The highest BCUT2D eigenvalue weighted by atomic mass is 19.1. The van der Waals surface area contributed by atoms with Crippen molar-refractivity contribution in [2.45, 2.75) is 44.8 Å². The van der Waals surface area contributed by atoms with Gasteiger partial charge in [0.25, 0.3) is 0 Å². The summed E-state index contributed by atoms with van der Waals surface area (Å²) in [5, 5.41) is 12.2. The predicted octanol–water partition coefficient (Wildman–Crippen LogP) is 4.56. The van der Waals surface area contributed by atoms with Crippen LogP contribution in [0.1, 0.15) is 38.3 Å². The lowest BCUT2D eigenvalue weighted by molar-refractivity contribution is -0.144. The number of hydrogen-bond donors (Lipinski definition) is 2. The zero-order valence-electron chi connectivity index (χ0n) is 19.8. The van der Waals surface area contributed by atoms with Crippen LogP contribution in [-0.2, 0) is 14.3 Å². The van der Waals surface area contributed by atoms with Gasteiger partial charge in [0.2, 0.25) is 0 Å². The lowest BCUT2D eigenvalue weighted by atomic mass is 9.57. The van der Waals surface area contributed by atoms with Crippen LogP contribution in [0.25, 0.3) is 17.2 Å². The average molecular weight is 479 g/mol. The smallest absolute Gasteiger partial charge is 0.317 e. The SMILES string of the molecule is C[C@H]1OC(=O)[C@@H]2C[C@@H]3C[C@H](NCC(=O)O)CC[C@H]3[C@H](/C=C/c3ccc(-c4cccc(F)c4)cn3)[C@H]12. The molecule has 7 atom stereocenters. The zero-order chi connectivity index (χ0) is 24.5. The molecule has 1 aromatic carbocycles. The zero-order valence-corrected chi connectivity index (χ0v) is 19.8. The topological polar surface area (TPSA) is 88.5 Å². The quantitative estimate of drug-likeness (QED) is 0.592. The molecule has 2 heterocycles. The number of benzene rings is 1. The van der Waals surface area contributed by atoms with Crippen molar-refractivity contribution < 1.29 is 23.8 Å². The molecule has 1 aliphatic heterocycles. The van der Waals surface area contributed by atoms with E-state index in [0.29, 0.717) is 11.8 Å². The molecule has 3 aliphatic rings. The monoisotopic (exact) mass is 478 g/mol. The Hall–Kier alpha value is -3.06. The largest absolute Gasteiger partial charge is 0.480 e. The number of nitrogens with one attached hydrogen (secondary N) is 1. The number of nitrogens with zero attached hydrogens (tertiary/aromatic N) is 1. The lowest BCUT2D eigenvalue weighted by Gasteiger charge is -2.47. The van der Waals surface area contributed by atoms with Crippen LogP contribution in [-0.4, -0.2) is 40.7 Å². The van der Waals surface area contributed by atoms with Crippen LogP contribution in [0.15, 0.2) is 48.7 Å². The minimum atomic E-state index is -0.847. The molecule has 5 rings (SSSR count). The molecule has 6 nitrogen and oxygen atoms in total. The maximum Gasteiger partial charge on any atom is 0.317 e. The van der Waals surface area contributed by atoms with Gasteiger partial charge in [-0.05, 0) is 80.2 Å². The van der Waals surface area contributed by atoms with Crippen LogP contribution < -0.4 is 5.32 Å². The number of cyclic esters (lactones) is 1. The van der Waals surface area contributed by atoms with Crippen LogP contribution in [0, 0.1) is 35.4 Å². The number of carbonyl (C=O) groups is 2. The molecular formula is C28H31FN2O4. The second kappa shape index (κ2) is 9.90. The van der Waals surface area contributed by atoms with Gasteiger partial charge in [-0.15, -0.1) is 0 Å². The minimum absolute atomic E-state index is 0.0339. The number of allylic oxidation sites excluding steroid dienone is 1. The third-order valence-electron chi connectivity index (χ3n) is 8.12. The number of pyridine rings is 1. The Bertz CT molecular complexity index is 1120. The summed E-state index contributed by atoms with van der Waals surface area (Å²) < 4.78 is 19.2. The number of hydrogen-bond acceptors (Lipinski definition) is 5. The van der Waals surface area contributed by atoms with Crippen molar-refractivity contribution in [3.05, 3.63) is 60.2 Å². The number of rotatable bonds is 6. The highest BCUT2D eigenvalue weighted by Crippen LogP contribution is 2.53. The predicted molar refractivity (Wildman–Crippen MR) is 130 cm³/mol. The molecule has 0 bridgehead atoms. The lowest BCUT2D eigenvalue weighted by Crippen LogP contribution is -2.48. The standard InChI is InChI=1S/C28H31FN2O4/c1-16-27-24(10-7-21-6-5-18(14-30-21)17-3-2-4-20(29)11-17)23-9-8-22(31-15-26(32)33)12-19(23)13-25(27)28(34)35-16/h2-7,10-11,14,16,19,22-25,27,31H,8-9,12-13,15H2,1H3,(H,32,33)/b10-7+/t16-,19+,22-,23-,24+,25-,27+/m1/s1. The van der Waals surface area contributed by atoms with Gasteiger partial charge in [0, 0.05) is 23.7 Å². The molecule has 0 radical (unpaired) electrons. The van der Waals surface area contributed by atoms with E-state index in [9.17, 15) is 14.0 Å². The highest BCUT2D eigenvalue weighted by molar-refractivity contribution is 5.75. The van der Waals surface area contributed by atoms with E-state index in [1.807, 2.05) is 31.2 Å². The van der Waals surface area contributed by atoms with E-state index in [-0.39, 0.29) is 48.2 Å². The van der Waals surface area contributed by atoms with Crippen molar-refractivity contribution in [1.29, 1.82) is 0 Å². The van der Waals surface area contributed by atoms with E-state index >= 15 is 0 Å². The third-order valence-corrected chi connectivity index (χ3v) is 8.12. The summed E-state index contributed by atoms with van der Waals surface area (Å²) in [5.74, 6) is -0.199. The van der Waals surface area contributed by atoms with Gasteiger partial charge in [0.1, 0.15) is 11.9 Å². The highest BCUT2D eigenvalue weighted by Gasteiger charge is 2.54. The number of aliphatic carboxylic acids is 1. The first kappa shape index (κ1) is 23.7. The molecule has 35 heavy (non-hydrogen) atoms. The van der Waals surface area contributed by atoms with E-state index in [2.05, 4.69) is 16.4 Å². The van der Waals surface area contributed by atoms with Crippen molar-refractivity contribution in [2.24, 2.45) is 29.6 Å². The molecular weight excluding hydrogens is 447 g/mol. The molecule has 0 amide bonds. The molecule has 0 spiro atoms. The van der Waals surface area contributed by atoms with E-state index in [1.54, 1.807) is 12.3 Å². The van der Waals surface area contributed by atoms with Crippen LogP contribution in [0.3, 0.4) is 0 Å². The Morgan fingerprint density at radius 2 is 2.09 bits per heavy atom. The summed E-state index contributed by atoms with van der Waals surface area (Å²) in [6, 6.07) is 10.5. The van der Waals surface area contributed by atoms with Gasteiger partial charge in [-0.1, -0.05) is 24.3 Å². The first-order valence-corrected chi connectivity index (χ1v) is 12.4. The molecule has 2 aliphatic carbocycles. The van der Waals surface area contributed by atoms with Gasteiger partial charge in [-0.25, -0.2) is 4.39 Å². The maximum atomic E-state index is 13.6. The van der Waals surface area contributed by atoms with E-state index in [1.165, 1.54) is 12.1 Å². The second-order valence-corrected chi connectivity index (χ2v) is 10.2. The van der Waals surface area contributed by atoms with Gasteiger partial charge in [-0.3, -0.25) is 14.6 Å².